The van der Waals surface area contributed by atoms with Crippen LogP contribution in [0.4, 0.5) is 11.4 Å². The van der Waals surface area contributed by atoms with Crippen LogP contribution in [0.1, 0.15) is 132 Å². The van der Waals surface area contributed by atoms with E-state index in [2.05, 4.69) is 113 Å². The van der Waals surface area contributed by atoms with E-state index in [4.69, 9.17) is 11.5 Å². The van der Waals surface area contributed by atoms with E-state index in [0.717, 1.165) is 11.4 Å². The van der Waals surface area contributed by atoms with E-state index in [9.17, 15) is 0 Å². The minimum atomic E-state index is 0.356. The van der Waals surface area contributed by atoms with Crippen LogP contribution in [0.5, 0.6) is 0 Å². The van der Waals surface area contributed by atoms with E-state index < -0.39 is 0 Å². The van der Waals surface area contributed by atoms with E-state index in [1.165, 1.54) is 55.6 Å². The summed E-state index contributed by atoms with van der Waals surface area (Å²) in [6.45, 7) is 24.7. The summed E-state index contributed by atoms with van der Waals surface area (Å²) >= 11 is 0. The molecule has 0 radical (unpaired) electrons. The highest BCUT2D eigenvalue weighted by Crippen LogP contribution is 2.45. The van der Waals surface area contributed by atoms with Crippen molar-refractivity contribution in [1.29, 1.82) is 0 Å². The molecule has 3 aromatic rings. The van der Waals surface area contributed by atoms with E-state index in [-0.39, 0.29) is 0 Å². The van der Waals surface area contributed by atoms with Gasteiger partial charge in [-0.25, -0.2) is 0 Å². The molecule has 194 valence electrons. The normalized spacial score (nSPS) is 12.1. The second-order valence-electron chi connectivity index (χ2n) is 12.1. The summed E-state index contributed by atoms with van der Waals surface area (Å²) in [5, 5.41) is 0. The van der Waals surface area contributed by atoms with Crippen LogP contribution in [0.15, 0.2) is 36.4 Å². The zero-order valence-corrected chi connectivity index (χ0v) is 24.5. The molecule has 0 atom stereocenters. The Bertz CT molecular complexity index is 1180. The minimum absolute atomic E-state index is 0.356. The SMILES string of the molecule is Cc1ccc(C(C)C)c(-c2cc(C(C)C)c(N)c(C(C)C)c2)c1-c1cc(C(C)C)c(N)c(C(C)C)c1. The predicted octanol–water partition coefficient (Wildman–Crippen LogP) is 10.1. The van der Waals surface area contributed by atoms with E-state index in [0.29, 0.717) is 29.6 Å². The van der Waals surface area contributed by atoms with Gasteiger partial charge in [-0.3, -0.25) is 0 Å². The molecular weight excluding hydrogens is 436 g/mol. The summed E-state index contributed by atoms with van der Waals surface area (Å²) in [5.41, 5.74) is 28.1. The Morgan fingerprint density at radius 1 is 0.444 bits per heavy atom. The lowest BCUT2D eigenvalue weighted by molar-refractivity contribution is 0.838. The summed E-state index contributed by atoms with van der Waals surface area (Å²) in [4.78, 5) is 0. The number of benzene rings is 3. The van der Waals surface area contributed by atoms with Gasteiger partial charge in [0.15, 0.2) is 0 Å². The third-order valence-electron chi connectivity index (χ3n) is 7.62. The van der Waals surface area contributed by atoms with Gasteiger partial charge in [-0.1, -0.05) is 81.4 Å². The maximum absolute atomic E-state index is 6.72. The molecule has 0 aromatic heterocycles. The molecule has 0 bridgehead atoms. The first-order valence-corrected chi connectivity index (χ1v) is 13.8. The molecule has 0 saturated carbocycles. The smallest absolute Gasteiger partial charge is 0.0384 e. The number of nitrogen functional groups attached to an aromatic ring is 2. The molecule has 0 fully saturated rings. The molecule has 4 N–H and O–H groups in total. The second-order valence-corrected chi connectivity index (χ2v) is 12.1. The molecule has 2 nitrogen and oxygen atoms in total. The van der Waals surface area contributed by atoms with Crippen LogP contribution in [0.3, 0.4) is 0 Å². The van der Waals surface area contributed by atoms with Gasteiger partial charge in [0, 0.05) is 11.4 Å². The zero-order valence-electron chi connectivity index (χ0n) is 24.5. The van der Waals surface area contributed by atoms with Crippen molar-refractivity contribution in [3.8, 4) is 22.3 Å². The lowest BCUT2D eigenvalue weighted by atomic mass is 9.79. The highest BCUT2D eigenvalue weighted by atomic mass is 14.6. The molecule has 0 heterocycles. The van der Waals surface area contributed by atoms with Crippen molar-refractivity contribution in [3.63, 3.8) is 0 Å². The first kappa shape index (κ1) is 27.8. The van der Waals surface area contributed by atoms with Crippen molar-refractivity contribution in [2.24, 2.45) is 0 Å². The van der Waals surface area contributed by atoms with Crippen molar-refractivity contribution < 1.29 is 0 Å². The summed E-state index contributed by atoms with van der Waals surface area (Å²) in [6, 6.07) is 14.0. The summed E-state index contributed by atoms with van der Waals surface area (Å²) in [7, 11) is 0. The molecule has 0 unspecified atom stereocenters. The second kappa shape index (κ2) is 10.7. The van der Waals surface area contributed by atoms with Crippen LogP contribution >= 0.6 is 0 Å². The molecule has 3 rings (SSSR count). The number of rotatable bonds is 7. The Labute approximate surface area is 220 Å². The van der Waals surface area contributed by atoms with Crippen molar-refractivity contribution in [2.45, 2.75) is 106 Å². The third-order valence-corrected chi connectivity index (χ3v) is 7.62. The Morgan fingerprint density at radius 2 is 0.750 bits per heavy atom. The highest BCUT2D eigenvalue weighted by molar-refractivity contribution is 5.90. The molecule has 2 heteroatoms. The Morgan fingerprint density at radius 3 is 1.06 bits per heavy atom. The summed E-state index contributed by atoms with van der Waals surface area (Å²) in [6.07, 6.45) is 0. The van der Waals surface area contributed by atoms with Crippen LogP contribution in [-0.2, 0) is 0 Å². The number of anilines is 2. The van der Waals surface area contributed by atoms with Crippen LogP contribution in [0.25, 0.3) is 22.3 Å². The standard InChI is InChI=1S/C34H48N2/c1-18(2)26-13-12-23(11)31(24-14-27(19(3)4)33(35)28(15-24)20(5)6)32(26)25-16-29(21(7)8)34(36)30(17-25)22(9)10/h12-22H,35-36H2,1-11H3. The fraction of sp³-hybridized carbons (Fsp3) is 0.471. The van der Waals surface area contributed by atoms with Crippen molar-refractivity contribution in [2.75, 3.05) is 11.5 Å². The molecule has 0 saturated heterocycles. The van der Waals surface area contributed by atoms with Crippen LogP contribution < -0.4 is 11.5 Å². The van der Waals surface area contributed by atoms with Gasteiger partial charge in [-0.05, 0) is 116 Å². The molecule has 0 aliphatic rings. The van der Waals surface area contributed by atoms with Gasteiger partial charge in [-0.2, -0.15) is 0 Å². The number of aryl methyl sites for hydroxylation is 1. The molecule has 0 aliphatic heterocycles. The van der Waals surface area contributed by atoms with E-state index in [1.54, 1.807) is 0 Å². The van der Waals surface area contributed by atoms with Gasteiger partial charge in [0.25, 0.3) is 0 Å². The monoisotopic (exact) mass is 484 g/mol. The number of hydrogen-bond donors (Lipinski definition) is 2. The van der Waals surface area contributed by atoms with Gasteiger partial charge in [0.1, 0.15) is 0 Å². The Hall–Kier alpha value is -2.74. The van der Waals surface area contributed by atoms with Gasteiger partial charge >= 0.3 is 0 Å². The minimum Gasteiger partial charge on any atom is -0.398 e. The number of hydrogen-bond acceptors (Lipinski definition) is 2. The Kier molecular flexibility index (Phi) is 8.28. The Balaban J connectivity index is 2.52. The average Bonchev–Trinajstić information content (AvgIpc) is 2.78. The summed E-state index contributed by atoms with van der Waals surface area (Å²) in [5.74, 6) is 1.82. The molecule has 0 amide bonds. The fourth-order valence-corrected chi connectivity index (χ4v) is 5.48. The maximum atomic E-state index is 6.72. The van der Waals surface area contributed by atoms with Gasteiger partial charge in [-0.15, -0.1) is 0 Å². The number of nitrogens with two attached hydrogens (primary N) is 2. The fourth-order valence-electron chi connectivity index (χ4n) is 5.48. The lowest BCUT2D eigenvalue weighted by Gasteiger charge is -2.25. The maximum Gasteiger partial charge on any atom is 0.0384 e. The van der Waals surface area contributed by atoms with Crippen LogP contribution in [-0.4, -0.2) is 0 Å². The molecule has 0 aliphatic carbocycles. The molecule has 3 aromatic carbocycles. The lowest BCUT2D eigenvalue weighted by Crippen LogP contribution is -2.07. The highest BCUT2D eigenvalue weighted by Gasteiger charge is 2.23. The van der Waals surface area contributed by atoms with Crippen LogP contribution in [0.2, 0.25) is 0 Å². The van der Waals surface area contributed by atoms with E-state index in [1.807, 2.05) is 0 Å². The van der Waals surface area contributed by atoms with Gasteiger partial charge in [0.2, 0.25) is 0 Å². The average molecular weight is 485 g/mol. The van der Waals surface area contributed by atoms with E-state index >= 15 is 0 Å². The van der Waals surface area contributed by atoms with Crippen molar-refractivity contribution >= 4 is 11.4 Å². The summed E-state index contributed by atoms with van der Waals surface area (Å²) < 4.78 is 0. The first-order chi connectivity index (χ1) is 16.8. The van der Waals surface area contributed by atoms with Gasteiger partial charge in [0.05, 0.1) is 0 Å². The topological polar surface area (TPSA) is 52.0 Å². The predicted molar refractivity (Wildman–Crippen MR) is 161 cm³/mol. The molecular formula is C34H48N2. The quantitative estimate of drug-likeness (QED) is 0.328. The van der Waals surface area contributed by atoms with Crippen LogP contribution in [0, 0.1) is 6.92 Å². The molecule has 36 heavy (non-hydrogen) atoms. The largest absolute Gasteiger partial charge is 0.398 e. The first-order valence-electron chi connectivity index (χ1n) is 13.8. The zero-order chi connectivity index (χ0) is 27.1. The third kappa shape index (κ3) is 5.19. The van der Waals surface area contributed by atoms with Gasteiger partial charge < -0.3 is 11.5 Å². The van der Waals surface area contributed by atoms with Crippen molar-refractivity contribution in [3.05, 3.63) is 69.8 Å². The van der Waals surface area contributed by atoms with Crippen molar-refractivity contribution in [1.82, 2.24) is 0 Å². The molecule has 0 spiro atoms.